The normalized spacial score (nSPS) is 10.8. The van der Waals surface area contributed by atoms with Gasteiger partial charge in [0.1, 0.15) is 5.69 Å². The van der Waals surface area contributed by atoms with Gasteiger partial charge in [-0.25, -0.2) is 0 Å². The zero-order valence-corrected chi connectivity index (χ0v) is 14.0. The molecule has 2 aromatic heterocycles. The summed E-state index contributed by atoms with van der Waals surface area (Å²) in [4.78, 5) is 13.7. The van der Waals surface area contributed by atoms with E-state index in [2.05, 4.69) is 41.6 Å². The molecule has 2 heterocycles. The van der Waals surface area contributed by atoms with E-state index in [1.54, 1.807) is 17.4 Å². The Morgan fingerprint density at radius 1 is 1.30 bits per heavy atom. The largest absolute Gasteiger partial charge is 0.347 e. The second-order valence-corrected chi connectivity index (χ2v) is 6.81. The van der Waals surface area contributed by atoms with Crippen LogP contribution in [0.5, 0.6) is 0 Å². The van der Waals surface area contributed by atoms with E-state index in [0.717, 1.165) is 24.2 Å². The highest BCUT2D eigenvalue weighted by molar-refractivity contribution is 7.19. The minimum absolute atomic E-state index is 0.0426. The molecule has 3 nitrogen and oxygen atoms in total. The van der Waals surface area contributed by atoms with Crippen molar-refractivity contribution in [3.63, 3.8) is 0 Å². The van der Waals surface area contributed by atoms with E-state index in [0.29, 0.717) is 6.54 Å². The topological polar surface area (TPSA) is 34.0 Å². The molecule has 1 amide bonds. The number of amides is 1. The van der Waals surface area contributed by atoms with Gasteiger partial charge in [-0.05, 0) is 31.0 Å². The predicted octanol–water partition coefficient (Wildman–Crippen LogP) is 4.17. The van der Waals surface area contributed by atoms with Crippen LogP contribution in [0.3, 0.4) is 0 Å². The number of hydrogen-bond acceptors (Lipinski definition) is 2. The van der Waals surface area contributed by atoms with Gasteiger partial charge in [-0.3, -0.25) is 4.79 Å². The molecular weight excluding hydrogens is 304 g/mol. The summed E-state index contributed by atoms with van der Waals surface area (Å²) in [6.45, 7) is 7.02. The van der Waals surface area contributed by atoms with Gasteiger partial charge in [-0.2, -0.15) is 0 Å². The zero-order valence-electron chi connectivity index (χ0n) is 13.2. The van der Waals surface area contributed by atoms with Crippen LogP contribution in [0.25, 0.3) is 10.2 Å². The van der Waals surface area contributed by atoms with Crippen molar-refractivity contribution >= 4 is 27.5 Å². The Balaban J connectivity index is 1.91. The second kappa shape index (κ2) is 6.84. The summed E-state index contributed by atoms with van der Waals surface area (Å²) < 4.78 is 3.30. The van der Waals surface area contributed by atoms with Crippen LogP contribution in [0.4, 0.5) is 0 Å². The number of aryl methyl sites for hydroxylation is 3. The van der Waals surface area contributed by atoms with E-state index in [1.165, 1.54) is 15.1 Å². The highest BCUT2D eigenvalue weighted by Crippen LogP contribution is 2.29. The number of hydrogen-bond donors (Lipinski definition) is 1. The maximum Gasteiger partial charge on any atom is 0.268 e. The summed E-state index contributed by atoms with van der Waals surface area (Å²) in [7, 11) is 0. The molecule has 118 valence electrons. The third-order valence-electron chi connectivity index (χ3n) is 3.82. The average Bonchev–Trinajstić information content (AvgIpc) is 3.08. The number of benzene rings is 1. The van der Waals surface area contributed by atoms with Crippen molar-refractivity contribution in [1.29, 1.82) is 0 Å². The first kappa shape index (κ1) is 15.6. The standard InChI is InChI=1S/C19H20N2OS/c1-3-10-20-19(22)17-13-18-16(12-14(2)23-18)21(17)11-9-15-7-5-4-6-8-15/h3-8,12-13H,1,9-11H2,2H3,(H,20,22). The lowest BCUT2D eigenvalue weighted by Crippen LogP contribution is -2.26. The van der Waals surface area contributed by atoms with Gasteiger partial charge in [-0.15, -0.1) is 17.9 Å². The third kappa shape index (κ3) is 3.37. The third-order valence-corrected chi connectivity index (χ3v) is 4.81. The van der Waals surface area contributed by atoms with Crippen molar-refractivity contribution in [1.82, 2.24) is 9.88 Å². The van der Waals surface area contributed by atoms with Crippen LogP contribution in [-0.2, 0) is 13.0 Å². The van der Waals surface area contributed by atoms with Crippen molar-refractivity contribution < 1.29 is 4.79 Å². The summed E-state index contributed by atoms with van der Waals surface area (Å²) in [5.74, 6) is -0.0426. The summed E-state index contributed by atoms with van der Waals surface area (Å²) in [6.07, 6.45) is 2.60. The Labute approximate surface area is 140 Å². The van der Waals surface area contributed by atoms with Crippen molar-refractivity contribution in [2.75, 3.05) is 6.54 Å². The van der Waals surface area contributed by atoms with E-state index in [1.807, 2.05) is 24.3 Å². The van der Waals surface area contributed by atoms with Gasteiger partial charge in [0, 0.05) is 18.0 Å². The second-order valence-electron chi connectivity index (χ2n) is 5.52. The number of carbonyl (C=O) groups is 1. The van der Waals surface area contributed by atoms with Gasteiger partial charge in [0.2, 0.25) is 0 Å². The molecule has 0 aliphatic rings. The molecule has 0 bridgehead atoms. The van der Waals surface area contributed by atoms with Crippen LogP contribution >= 0.6 is 11.3 Å². The molecule has 0 radical (unpaired) electrons. The minimum atomic E-state index is -0.0426. The van der Waals surface area contributed by atoms with E-state index < -0.39 is 0 Å². The molecule has 4 heteroatoms. The first-order chi connectivity index (χ1) is 11.2. The number of carbonyl (C=O) groups excluding carboxylic acids is 1. The SMILES string of the molecule is C=CCNC(=O)c1cc2sc(C)cc2n1CCc1ccccc1. The predicted molar refractivity (Wildman–Crippen MR) is 97.2 cm³/mol. The van der Waals surface area contributed by atoms with Crippen LogP contribution in [0.1, 0.15) is 20.9 Å². The zero-order chi connectivity index (χ0) is 16.2. The molecule has 0 saturated carbocycles. The van der Waals surface area contributed by atoms with Crippen LogP contribution in [-0.4, -0.2) is 17.0 Å². The molecule has 3 aromatic rings. The van der Waals surface area contributed by atoms with Gasteiger partial charge in [0.25, 0.3) is 5.91 Å². The summed E-state index contributed by atoms with van der Waals surface area (Å²) in [5, 5.41) is 2.88. The number of rotatable bonds is 6. The van der Waals surface area contributed by atoms with Gasteiger partial charge in [-0.1, -0.05) is 36.4 Å². The van der Waals surface area contributed by atoms with Crippen molar-refractivity contribution in [3.8, 4) is 0 Å². The van der Waals surface area contributed by atoms with Crippen LogP contribution in [0.2, 0.25) is 0 Å². The Hall–Kier alpha value is -2.33. The van der Waals surface area contributed by atoms with Gasteiger partial charge < -0.3 is 9.88 Å². The molecule has 0 spiro atoms. The van der Waals surface area contributed by atoms with Gasteiger partial charge >= 0.3 is 0 Å². The number of nitrogens with one attached hydrogen (secondary N) is 1. The lowest BCUT2D eigenvalue weighted by Gasteiger charge is -2.10. The number of fused-ring (bicyclic) bond motifs is 1. The Bertz CT molecular complexity index is 830. The lowest BCUT2D eigenvalue weighted by atomic mass is 10.1. The molecule has 0 aliphatic carbocycles. The fraction of sp³-hybridized carbons (Fsp3) is 0.211. The molecule has 3 rings (SSSR count). The summed E-state index contributed by atoms with van der Waals surface area (Å²) in [5.41, 5.74) is 3.15. The number of nitrogens with zero attached hydrogens (tertiary/aromatic N) is 1. The summed E-state index contributed by atoms with van der Waals surface area (Å²) >= 11 is 1.73. The Kier molecular flexibility index (Phi) is 4.63. The van der Waals surface area contributed by atoms with Crippen LogP contribution in [0.15, 0.2) is 55.1 Å². The highest BCUT2D eigenvalue weighted by Gasteiger charge is 2.16. The molecule has 1 aromatic carbocycles. The molecule has 0 aliphatic heterocycles. The lowest BCUT2D eigenvalue weighted by molar-refractivity contribution is 0.0949. The Morgan fingerprint density at radius 2 is 2.09 bits per heavy atom. The average molecular weight is 324 g/mol. The molecule has 1 N–H and O–H groups in total. The Morgan fingerprint density at radius 3 is 2.83 bits per heavy atom. The van der Waals surface area contributed by atoms with Crippen molar-refractivity contribution in [3.05, 3.63) is 71.3 Å². The molecule has 0 unspecified atom stereocenters. The van der Waals surface area contributed by atoms with Crippen molar-refractivity contribution in [2.45, 2.75) is 19.9 Å². The van der Waals surface area contributed by atoms with E-state index >= 15 is 0 Å². The molecule has 0 fully saturated rings. The molecular formula is C19H20N2OS. The monoisotopic (exact) mass is 324 g/mol. The number of thiophene rings is 1. The van der Waals surface area contributed by atoms with Crippen LogP contribution < -0.4 is 5.32 Å². The quantitative estimate of drug-likeness (QED) is 0.678. The first-order valence-corrected chi connectivity index (χ1v) is 8.53. The summed E-state index contributed by atoms with van der Waals surface area (Å²) in [6, 6.07) is 14.5. The van der Waals surface area contributed by atoms with E-state index in [4.69, 9.17) is 0 Å². The molecule has 23 heavy (non-hydrogen) atoms. The van der Waals surface area contributed by atoms with Gasteiger partial charge in [0.05, 0.1) is 10.2 Å². The molecule has 0 atom stereocenters. The fourth-order valence-electron chi connectivity index (χ4n) is 2.74. The van der Waals surface area contributed by atoms with Crippen molar-refractivity contribution in [2.24, 2.45) is 0 Å². The first-order valence-electron chi connectivity index (χ1n) is 7.71. The van der Waals surface area contributed by atoms with E-state index in [9.17, 15) is 4.79 Å². The van der Waals surface area contributed by atoms with Gasteiger partial charge in [0.15, 0.2) is 0 Å². The smallest absolute Gasteiger partial charge is 0.268 e. The number of aromatic nitrogens is 1. The highest BCUT2D eigenvalue weighted by atomic mass is 32.1. The maximum absolute atomic E-state index is 12.4. The molecule has 0 saturated heterocycles. The fourth-order valence-corrected chi connectivity index (χ4v) is 3.70. The maximum atomic E-state index is 12.4. The minimum Gasteiger partial charge on any atom is -0.347 e. The van der Waals surface area contributed by atoms with E-state index in [-0.39, 0.29) is 5.91 Å². The van der Waals surface area contributed by atoms with Crippen LogP contribution in [0, 0.1) is 6.92 Å².